The largest absolute Gasteiger partial charge is 0.309 e. The summed E-state index contributed by atoms with van der Waals surface area (Å²) in [5.41, 5.74) is 1.26. The van der Waals surface area contributed by atoms with E-state index in [9.17, 15) is 0 Å². The van der Waals surface area contributed by atoms with Crippen molar-refractivity contribution in [3.05, 3.63) is 35.9 Å². The van der Waals surface area contributed by atoms with Gasteiger partial charge in [0.15, 0.2) is 0 Å². The van der Waals surface area contributed by atoms with E-state index in [1.807, 2.05) is 18.2 Å². The van der Waals surface area contributed by atoms with Crippen LogP contribution >= 0.6 is 0 Å². The standard InChI is InChI=1S/C13H18N2/c1-11(2)13(8-9-14)15-10-12-6-4-3-5-7-12/h3-7,11,13,15H,8,10H2,1-2H3/t13-/m1/s1. The molecule has 0 fully saturated rings. The third-order valence-electron chi connectivity index (χ3n) is 2.53. The zero-order valence-corrected chi connectivity index (χ0v) is 9.40. The van der Waals surface area contributed by atoms with E-state index in [0.29, 0.717) is 12.3 Å². The summed E-state index contributed by atoms with van der Waals surface area (Å²) in [6.45, 7) is 5.12. The van der Waals surface area contributed by atoms with Crippen LogP contribution in [0.3, 0.4) is 0 Å². The fourth-order valence-corrected chi connectivity index (χ4v) is 1.49. The SMILES string of the molecule is CC(C)[C@@H](CC#N)NCc1ccccc1. The van der Waals surface area contributed by atoms with Gasteiger partial charge < -0.3 is 5.32 Å². The molecule has 0 aromatic heterocycles. The summed E-state index contributed by atoms with van der Waals surface area (Å²) in [5, 5.41) is 12.1. The van der Waals surface area contributed by atoms with Crippen LogP contribution in [0, 0.1) is 17.2 Å². The maximum atomic E-state index is 8.69. The lowest BCUT2D eigenvalue weighted by molar-refractivity contribution is 0.403. The highest BCUT2D eigenvalue weighted by Gasteiger charge is 2.11. The van der Waals surface area contributed by atoms with Gasteiger partial charge in [0.25, 0.3) is 0 Å². The predicted octanol–water partition coefficient (Wildman–Crippen LogP) is 2.71. The van der Waals surface area contributed by atoms with E-state index in [2.05, 4.69) is 37.4 Å². The highest BCUT2D eigenvalue weighted by molar-refractivity contribution is 5.14. The van der Waals surface area contributed by atoms with Gasteiger partial charge in [-0.2, -0.15) is 5.26 Å². The molecule has 0 saturated heterocycles. The zero-order chi connectivity index (χ0) is 11.1. The third kappa shape index (κ3) is 4.14. The molecule has 1 aromatic carbocycles. The van der Waals surface area contributed by atoms with Crippen molar-refractivity contribution < 1.29 is 0 Å². The van der Waals surface area contributed by atoms with Gasteiger partial charge in [-0.05, 0) is 11.5 Å². The van der Waals surface area contributed by atoms with Crippen LogP contribution in [0.2, 0.25) is 0 Å². The molecule has 0 bridgehead atoms. The predicted molar refractivity (Wildman–Crippen MR) is 62.1 cm³/mol. The van der Waals surface area contributed by atoms with E-state index >= 15 is 0 Å². The summed E-state index contributed by atoms with van der Waals surface area (Å²) in [6.07, 6.45) is 0.574. The first-order valence-corrected chi connectivity index (χ1v) is 5.38. The van der Waals surface area contributed by atoms with Crippen LogP contribution in [0.15, 0.2) is 30.3 Å². The summed E-state index contributed by atoms with van der Waals surface area (Å²) in [7, 11) is 0. The van der Waals surface area contributed by atoms with Gasteiger partial charge in [-0.3, -0.25) is 0 Å². The maximum Gasteiger partial charge on any atom is 0.0638 e. The molecule has 0 aliphatic carbocycles. The van der Waals surface area contributed by atoms with Crippen LogP contribution in [0.1, 0.15) is 25.8 Å². The summed E-state index contributed by atoms with van der Waals surface area (Å²) in [4.78, 5) is 0. The molecular weight excluding hydrogens is 184 g/mol. The number of hydrogen-bond acceptors (Lipinski definition) is 2. The monoisotopic (exact) mass is 202 g/mol. The van der Waals surface area contributed by atoms with E-state index in [-0.39, 0.29) is 6.04 Å². The highest BCUT2D eigenvalue weighted by atomic mass is 14.9. The summed E-state index contributed by atoms with van der Waals surface area (Å²) < 4.78 is 0. The van der Waals surface area contributed by atoms with Crippen molar-refractivity contribution >= 4 is 0 Å². The summed E-state index contributed by atoms with van der Waals surface area (Å²) in [6, 6.07) is 12.8. The Labute approximate surface area is 91.9 Å². The molecule has 0 spiro atoms. The molecule has 0 aliphatic rings. The fraction of sp³-hybridized carbons (Fsp3) is 0.462. The Morgan fingerprint density at radius 3 is 2.47 bits per heavy atom. The fourth-order valence-electron chi connectivity index (χ4n) is 1.49. The quantitative estimate of drug-likeness (QED) is 0.797. The van der Waals surface area contributed by atoms with Crippen molar-refractivity contribution in [3.8, 4) is 6.07 Å². The Kier molecular flexibility index (Phi) is 4.86. The van der Waals surface area contributed by atoms with Gasteiger partial charge in [-0.15, -0.1) is 0 Å². The minimum atomic E-state index is 0.287. The minimum Gasteiger partial charge on any atom is -0.309 e. The van der Waals surface area contributed by atoms with Crippen LogP contribution in [0.5, 0.6) is 0 Å². The van der Waals surface area contributed by atoms with Gasteiger partial charge in [0, 0.05) is 12.6 Å². The van der Waals surface area contributed by atoms with Gasteiger partial charge in [-0.25, -0.2) is 0 Å². The first-order chi connectivity index (χ1) is 7.24. The molecule has 0 amide bonds. The number of benzene rings is 1. The van der Waals surface area contributed by atoms with Crippen LogP contribution in [0.25, 0.3) is 0 Å². The zero-order valence-electron chi connectivity index (χ0n) is 9.40. The van der Waals surface area contributed by atoms with Crippen molar-refractivity contribution in [2.45, 2.75) is 32.9 Å². The van der Waals surface area contributed by atoms with Crippen LogP contribution in [-0.4, -0.2) is 6.04 Å². The smallest absolute Gasteiger partial charge is 0.0638 e. The van der Waals surface area contributed by atoms with Gasteiger partial charge >= 0.3 is 0 Å². The molecule has 2 nitrogen and oxygen atoms in total. The van der Waals surface area contributed by atoms with Crippen molar-refractivity contribution in [2.24, 2.45) is 5.92 Å². The van der Waals surface area contributed by atoms with E-state index in [0.717, 1.165) is 6.54 Å². The number of nitrogens with zero attached hydrogens (tertiary/aromatic N) is 1. The summed E-state index contributed by atoms with van der Waals surface area (Å²) in [5.74, 6) is 0.494. The number of rotatable bonds is 5. The van der Waals surface area contributed by atoms with E-state index in [1.165, 1.54) is 5.56 Å². The molecular formula is C13H18N2. The average molecular weight is 202 g/mol. The first kappa shape index (κ1) is 11.7. The summed E-state index contributed by atoms with van der Waals surface area (Å²) >= 11 is 0. The Morgan fingerprint density at radius 2 is 1.93 bits per heavy atom. The van der Waals surface area contributed by atoms with Crippen LogP contribution in [-0.2, 0) is 6.54 Å². The topological polar surface area (TPSA) is 35.8 Å². The number of nitriles is 1. The number of hydrogen-bond donors (Lipinski definition) is 1. The Bertz CT molecular complexity index is 311. The van der Waals surface area contributed by atoms with Crippen molar-refractivity contribution in [2.75, 3.05) is 0 Å². The van der Waals surface area contributed by atoms with Crippen molar-refractivity contribution in [1.29, 1.82) is 5.26 Å². The molecule has 1 rings (SSSR count). The Hall–Kier alpha value is -1.33. The molecule has 1 N–H and O–H groups in total. The second-order valence-electron chi connectivity index (χ2n) is 4.08. The van der Waals surface area contributed by atoms with Crippen molar-refractivity contribution in [1.82, 2.24) is 5.32 Å². The third-order valence-corrected chi connectivity index (χ3v) is 2.53. The normalized spacial score (nSPS) is 12.4. The molecule has 1 atom stereocenters. The highest BCUT2D eigenvalue weighted by Crippen LogP contribution is 2.07. The second kappa shape index (κ2) is 6.21. The second-order valence-corrected chi connectivity index (χ2v) is 4.08. The van der Waals surface area contributed by atoms with Gasteiger partial charge in [0.2, 0.25) is 0 Å². The first-order valence-electron chi connectivity index (χ1n) is 5.38. The maximum absolute atomic E-state index is 8.69. The molecule has 0 saturated carbocycles. The molecule has 1 aromatic rings. The molecule has 2 heteroatoms. The lowest BCUT2D eigenvalue weighted by Crippen LogP contribution is -2.32. The minimum absolute atomic E-state index is 0.287. The van der Waals surface area contributed by atoms with E-state index in [4.69, 9.17) is 5.26 Å². The van der Waals surface area contributed by atoms with Crippen molar-refractivity contribution in [3.63, 3.8) is 0 Å². The molecule has 0 aliphatic heterocycles. The lowest BCUT2D eigenvalue weighted by atomic mass is 10.0. The van der Waals surface area contributed by atoms with E-state index < -0.39 is 0 Å². The van der Waals surface area contributed by atoms with Crippen LogP contribution in [0.4, 0.5) is 0 Å². The molecule has 0 heterocycles. The van der Waals surface area contributed by atoms with Gasteiger partial charge in [-0.1, -0.05) is 44.2 Å². The van der Waals surface area contributed by atoms with Crippen LogP contribution < -0.4 is 5.32 Å². The average Bonchev–Trinajstić information content (AvgIpc) is 2.25. The lowest BCUT2D eigenvalue weighted by Gasteiger charge is -2.19. The van der Waals surface area contributed by atoms with Gasteiger partial charge in [0.05, 0.1) is 12.5 Å². The Balaban J connectivity index is 2.44. The molecule has 80 valence electrons. The molecule has 15 heavy (non-hydrogen) atoms. The number of nitrogens with one attached hydrogen (secondary N) is 1. The Morgan fingerprint density at radius 1 is 1.27 bits per heavy atom. The van der Waals surface area contributed by atoms with Gasteiger partial charge in [0.1, 0.15) is 0 Å². The van der Waals surface area contributed by atoms with E-state index in [1.54, 1.807) is 0 Å². The molecule has 0 unspecified atom stereocenters. The molecule has 0 radical (unpaired) electrons.